The Morgan fingerprint density at radius 2 is 2.35 bits per heavy atom. The summed E-state index contributed by atoms with van der Waals surface area (Å²) in [5.74, 6) is -0.200. The van der Waals surface area contributed by atoms with E-state index in [2.05, 4.69) is 5.32 Å². The predicted octanol–water partition coefficient (Wildman–Crippen LogP) is 2.31. The van der Waals surface area contributed by atoms with E-state index >= 15 is 0 Å². The van der Waals surface area contributed by atoms with Crippen LogP contribution in [0, 0.1) is 11.3 Å². The average Bonchev–Trinajstić information content (AvgIpc) is 2.36. The fourth-order valence-electron chi connectivity index (χ4n) is 1.28. The van der Waals surface area contributed by atoms with E-state index < -0.39 is 6.10 Å². The third-order valence-corrected chi connectivity index (χ3v) is 2.20. The summed E-state index contributed by atoms with van der Waals surface area (Å²) in [7, 11) is 0. The third-order valence-electron chi connectivity index (χ3n) is 2.20. The maximum atomic E-state index is 11.7. The number of ether oxygens (including phenoxy) is 1. The van der Waals surface area contributed by atoms with Crippen LogP contribution in [0.2, 0.25) is 0 Å². The first-order chi connectivity index (χ1) is 8.17. The monoisotopic (exact) mass is 232 g/mol. The molecule has 17 heavy (non-hydrogen) atoms. The molecule has 0 aromatic heterocycles. The molecule has 0 saturated heterocycles. The lowest BCUT2D eigenvalue weighted by Crippen LogP contribution is -2.27. The molecule has 4 nitrogen and oxygen atoms in total. The molecule has 0 aliphatic rings. The van der Waals surface area contributed by atoms with Gasteiger partial charge in [-0.3, -0.25) is 4.79 Å². The number of nitrogens with zero attached hydrogens (tertiary/aromatic N) is 1. The maximum Gasteiger partial charge on any atom is 0.253 e. The highest BCUT2D eigenvalue weighted by molar-refractivity contribution is 5.94. The van der Waals surface area contributed by atoms with Crippen molar-refractivity contribution < 1.29 is 9.53 Å². The highest BCUT2D eigenvalue weighted by atomic mass is 16.5. The topological polar surface area (TPSA) is 62.1 Å². The number of carbonyl (C=O) groups is 1. The van der Waals surface area contributed by atoms with Gasteiger partial charge in [0.25, 0.3) is 5.91 Å². The summed E-state index contributed by atoms with van der Waals surface area (Å²) in [6, 6.07) is 8.81. The smallest absolute Gasteiger partial charge is 0.253 e. The Labute approximate surface area is 101 Å². The van der Waals surface area contributed by atoms with Crippen molar-refractivity contribution in [1.82, 2.24) is 0 Å². The molecule has 1 aromatic rings. The number of anilines is 1. The van der Waals surface area contributed by atoms with E-state index in [0.717, 1.165) is 6.42 Å². The zero-order chi connectivity index (χ0) is 12.7. The van der Waals surface area contributed by atoms with Gasteiger partial charge in [0.1, 0.15) is 6.10 Å². The Hall–Kier alpha value is -1.86. The second-order valence-electron chi connectivity index (χ2n) is 3.69. The number of nitriles is 1. The molecule has 1 unspecified atom stereocenters. The van der Waals surface area contributed by atoms with Crippen LogP contribution in [0.4, 0.5) is 5.69 Å². The van der Waals surface area contributed by atoms with Gasteiger partial charge in [-0.05, 0) is 31.5 Å². The van der Waals surface area contributed by atoms with Gasteiger partial charge >= 0.3 is 0 Å². The van der Waals surface area contributed by atoms with E-state index in [1.807, 2.05) is 13.0 Å². The Balaban J connectivity index is 2.58. The van der Waals surface area contributed by atoms with Crippen molar-refractivity contribution in [2.75, 3.05) is 11.9 Å². The molecule has 1 rings (SSSR count). The van der Waals surface area contributed by atoms with Gasteiger partial charge in [-0.15, -0.1) is 0 Å². The van der Waals surface area contributed by atoms with E-state index in [-0.39, 0.29) is 5.91 Å². The number of nitrogens with one attached hydrogen (secondary N) is 1. The van der Waals surface area contributed by atoms with E-state index in [9.17, 15) is 4.79 Å². The highest BCUT2D eigenvalue weighted by Crippen LogP contribution is 2.10. The number of benzene rings is 1. The molecule has 1 aromatic carbocycles. The molecule has 1 amide bonds. The number of rotatable bonds is 5. The normalized spacial score (nSPS) is 11.6. The average molecular weight is 232 g/mol. The van der Waals surface area contributed by atoms with Crippen LogP contribution < -0.4 is 5.32 Å². The number of amides is 1. The van der Waals surface area contributed by atoms with Crippen molar-refractivity contribution in [3.63, 3.8) is 0 Å². The van der Waals surface area contributed by atoms with Crippen molar-refractivity contribution in [3.8, 4) is 6.07 Å². The van der Waals surface area contributed by atoms with E-state index in [1.54, 1.807) is 31.2 Å². The summed E-state index contributed by atoms with van der Waals surface area (Å²) in [5, 5.41) is 11.4. The van der Waals surface area contributed by atoms with Crippen LogP contribution in [-0.2, 0) is 9.53 Å². The quantitative estimate of drug-likeness (QED) is 0.847. The van der Waals surface area contributed by atoms with Crippen molar-refractivity contribution in [2.24, 2.45) is 0 Å². The zero-order valence-electron chi connectivity index (χ0n) is 10.1. The lowest BCUT2D eigenvalue weighted by atomic mass is 10.2. The summed E-state index contributed by atoms with van der Waals surface area (Å²) in [4.78, 5) is 11.7. The molecule has 90 valence electrons. The Morgan fingerprint density at radius 3 is 3.00 bits per heavy atom. The van der Waals surface area contributed by atoms with Gasteiger partial charge in [0.15, 0.2) is 0 Å². The Kier molecular flexibility index (Phi) is 5.18. The maximum absolute atomic E-state index is 11.7. The molecular formula is C13H16N2O2. The fraction of sp³-hybridized carbons (Fsp3) is 0.385. The predicted molar refractivity (Wildman–Crippen MR) is 65.5 cm³/mol. The lowest BCUT2D eigenvalue weighted by molar-refractivity contribution is -0.126. The van der Waals surface area contributed by atoms with Gasteiger partial charge in [-0.1, -0.05) is 13.0 Å². The SMILES string of the molecule is CCCOC(C)C(=O)Nc1cccc(C#N)c1. The van der Waals surface area contributed by atoms with Gasteiger partial charge in [-0.25, -0.2) is 0 Å². The summed E-state index contributed by atoms with van der Waals surface area (Å²) in [6.07, 6.45) is 0.391. The van der Waals surface area contributed by atoms with Crippen LogP contribution in [0.1, 0.15) is 25.8 Å². The minimum Gasteiger partial charge on any atom is -0.369 e. The van der Waals surface area contributed by atoms with Gasteiger partial charge in [0.05, 0.1) is 11.6 Å². The molecule has 1 atom stereocenters. The van der Waals surface area contributed by atoms with Gasteiger partial charge in [-0.2, -0.15) is 5.26 Å². The zero-order valence-corrected chi connectivity index (χ0v) is 10.1. The first-order valence-corrected chi connectivity index (χ1v) is 5.60. The van der Waals surface area contributed by atoms with Gasteiger partial charge in [0, 0.05) is 12.3 Å². The molecule has 0 aliphatic heterocycles. The second kappa shape index (κ2) is 6.66. The number of hydrogen-bond acceptors (Lipinski definition) is 3. The number of carbonyl (C=O) groups excluding carboxylic acids is 1. The van der Waals surface area contributed by atoms with E-state index in [0.29, 0.717) is 17.9 Å². The van der Waals surface area contributed by atoms with Crippen LogP contribution >= 0.6 is 0 Å². The summed E-state index contributed by atoms with van der Waals surface area (Å²) in [5.41, 5.74) is 1.13. The van der Waals surface area contributed by atoms with E-state index in [1.165, 1.54) is 0 Å². The summed E-state index contributed by atoms with van der Waals surface area (Å²) in [6.45, 7) is 4.26. The fourth-order valence-corrected chi connectivity index (χ4v) is 1.28. The Morgan fingerprint density at radius 1 is 1.59 bits per heavy atom. The van der Waals surface area contributed by atoms with Crippen molar-refractivity contribution in [2.45, 2.75) is 26.4 Å². The van der Waals surface area contributed by atoms with Crippen LogP contribution in [0.3, 0.4) is 0 Å². The second-order valence-corrected chi connectivity index (χ2v) is 3.69. The molecule has 1 N–H and O–H groups in total. The van der Waals surface area contributed by atoms with Crippen molar-refractivity contribution >= 4 is 11.6 Å². The van der Waals surface area contributed by atoms with Crippen molar-refractivity contribution in [1.29, 1.82) is 5.26 Å². The van der Waals surface area contributed by atoms with Crippen LogP contribution in [0.15, 0.2) is 24.3 Å². The molecule has 4 heteroatoms. The first-order valence-electron chi connectivity index (χ1n) is 5.60. The lowest BCUT2D eigenvalue weighted by Gasteiger charge is -2.12. The standard InChI is InChI=1S/C13H16N2O2/c1-3-7-17-10(2)13(16)15-12-6-4-5-11(8-12)9-14/h4-6,8,10H,3,7H2,1-2H3,(H,15,16). The minimum atomic E-state index is -0.485. The molecule has 0 fully saturated rings. The molecule has 0 heterocycles. The third kappa shape index (κ3) is 4.25. The first kappa shape index (κ1) is 13.2. The molecule has 0 spiro atoms. The number of hydrogen-bond donors (Lipinski definition) is 1. The largest absolute Gasteiger partial charge is 0.369 e. The van der Waals surface area contributed by atoms with Crippen LogP contribution in [0.5, 0.6) is 0 Å². The highest BCUT2D eigenvalue weighted by Gasteiger charge is 2.12. The van der Waals surface area contributed by atoms with Gasteiger partial charge < -0.3 is 10.1 Å². The Bertz CT molecular complexity index is 424. The van der Waals surface area contributed by atoms with Crippen molar-refractivity contribution in [3.05, 3.63) is 29.8 Å². The molecular weight excluding hydrogens is 216 g/mol. The minimum absolute atomic E-state index is 0.200. The van der Waals surface area contributed by atoms with Crippen LogP contribution in [-0.4, -0.2) is 18.6 Å². The molecule has 0 saturated carbocycles. The molecule has 0 aliphatic carbocycles. The summed E-state index contributed by atoms with van der Waals surface area (Å²) < 4.78 is 5.30. The summed E-state index contributed by atoms with van der Waals surface area (Å²) >= 11 is 0. The van der Waals surface area contributed by atoms with Crippen LogP contribution in [0.25, 0.3) is 0 Å². The van der Waals surface area contributed by atoms with Gasteiger partial charge in [0.2, 0.25) is 0 Å². The molecule has 0 radical (unpaired) electrons. The molecule has 0 bridgehead atoms. The van der Waals surface area contributed by atoms with E-state index in [4.69, 9.17) is 10.00 Å².